The minimum atomic E-state index is -0.312. The lowest BCUT2D eigenvalue weighted by Gasteiger charge is -2.08. The molecule has 2 aromatic rings. The Hall–Kier alpha value is -2.44. The summed E-state index contributed by atoms with van der Waals surface area (Å²) in [4.78, 5) is 13.3. The molecule has 1 heterocycles. The van der Waals surface area contributed by atoms with Crippen LogP contribution < -0.4 is 10.1 Å². The number of amides is 1. The first kappa shape index (κ1) is 16.9. The van der Waals surface area contributed by atoms with Gasteiger partial charge in [-0.15, -0.1) is 5.10 Å². The van der Waals surface area contributed by atoms with Crippen LogP contribution in [0.2, 0.25) is 0 Å². The monoisotopic (exact) mass is 317 g/mol. The molecule has 1 aromatic heterocycles. The summed E-state index contributed by atoms with van der Waals surface area (Å²) >= 11 is 0. The number of hydrogen-bond donors (Lipinski definition) is 1. The molecule has 0 aliphatic carbocycles. The van der Waals surface area contributed by atoms with Gasteiger partial charge in [0.25, 0.3) is 11.9 Å². The topological polar surface area (TPSA) is 81.9 Å². The van der Waals surface area contributed by atoms with Crippen LogP contribution in [-0.2, 0) is 11.3 Å². The number of hydrogen-bond acceptors (Lipinski definition) is 5. The lowest BCUT2D eigenvalue weighted by molar-refractivity contribution is -0.118. The van der Waals surface area contributed by atoms with Crippen LogP contribution in [0.25, 0.3) is 0 Å². The molecule has 0 atom stereocenters. The van der Waals surface area contributed by atoms with Crippen molar-refractivity contribution in [3.63, 3.8) is 0 Å². The van der Waals surface area contributed by atoms with E-state index in [1.165, 1.54) is 10.4 Å². The van der Waals surface area contributed by atoms with Crippen molar-refractivity contribution < 1.29 is 9.53 Å². The van der Waals surface area contributed by atoms with E-state index in [4.69, 9.17) is 4.74 Å². The van der Waals surface area contributed by atoms with Gasteiger partial charge >= 0.3 is 0 Å². The van der Waals surface area contributed by atoms with Crippen LogP contribution in [0, 0.1) is 0 Å². The van der Waals surface area contributed by atoms with Gasteiger partial charge in [-0.2, -0.15) is 4.80 Å². The first-order valence-corrected chi connectivity index (χ1v) is 7.89. The Kier molecular flexibility index (Phi) is 6.08. The van der Waals surface area contributed by atoms with Gasteiger partial charge in [0.1, 0.15) is 5.75 Å². The van der Waals surface area contributed by atoms with Crippen molar-refractivity contribution in [2.45, 2.75) is 46.1 Å². The molecule has 7 heteroatoms. The van der Waals surface area contributed by atoms with Crippen molar-refractivity contribution in [1.82, 2.24) is 20.2 Å². The fraction of sp³-hybridized carbons (Fsp3) is 0.500. The quantitative estimate of drug-likeness (QED) is 0.809. The van der Waals surface area contributed by atoms with E-state index in [1.807, 2.05) is 24.3 Å². The maximum atomic E-state index is 11.8. The molecule has 0 fully saturated rings. The maximum Gasteiger partial charge on any atom is 0.270 e. The highest BCUT2D eigenvalue weighted by atomic mass is 16.5. The van der Waals surface area contributed by atoms with Gasteiger partial charge in [-0.3, -0.25) is 10.1 Å². The molecule has 0 saturated carbocycles. The molecule has 0 radical (unpaired) electrons. The van der Waals surface area contributed by atoms with Gasteiger partial charge in [0.2, 0.25) is 0 Å². The molecule has 0 bridgehead atoms. The Labute approximate surface area is 136 Å². The van der Waals surface area contributed by atoms with Crippen LogP contribution in [0.3, 0.4) is 0 Å². The van der Waals surface area contributed by atoms with Crippen molar-refractivity contribution in [2.24, 2.45) is 0 Å². The molecule has 124 valence electrons. The summed E-state index contributed by atoms with van der Waals surface area (Å²) in [6.45, 7) is 6.95. The highest BCUT2D eigenvalue weighted by Crippen LogP contribution is 2.18. The van der Waals surface area contributed by atoms with Gasteiger partial charge in [-0.1, -0.05) is 44.4 Å². The zero-order valence-corrected chi connectivity index (χ0v) is 13.8. The average molecular weight is 317 g/mol. The highest BCUT2D eigenvalue weighted by Gasteiger charge is 2.08. The largest absolute Gasteiger partial charge is 0.484 e. The molecular weight excluding hydrogens is 294 g/mol. The normalized spacial score (nSPS) is 10.8. The summed E-state index contributed by atoms with van der Waals surface area (Å²) in [5.41, 5.74) is 1.23. The van der Waals surface area contributed by atoms with Crippen LogP contribution in [0.5, 0.6) is 5.75 Å². The molecule has 0 aliphatic heterocycles. The second-order valence-corrected chi connectivity index (χ2v) is 5.62. The van der Waals surface area contributed by atoms with Gasteiger partial charge in [-0.05, 0) is 35.2 Å². The van der Waals surface area contributed by atoms with E-state index in [0.29, 0.717) is 18.2 Å². The molecule has 0 spiro atoms. The number of ether oxygens (including phenoxy) is 1. The molecule has 0 saturated heterocycles. The Bertz CT molecular complexity index is 622. The predicted molar refractivity (Wildman–Crippen MR) is 87.4 cm³/mol. The zero-order chi connectivity index (χ0) is 16.7. The number of carbonyl (C=O) groups excluding carboxylic acids is 1. The number of rotatable bonds is 8. The van der Waals surface area contributed by atoms with Crippen LogP contribution in [0.1, 0.15) is 45.1 Å². The Morgan fingerprint density at radius 3 is 2.70 bits per heavy atom. The Morgan fingerprint density at radius 1 is 1.30 bits per heavy atom. The van der Waals surface area contributed by atoms with E-state index in [1.54, 1.807) is 0 Å². The third-order valence-corrected chi connectivity index (χ3v) is 3.33. The number of nitrogens with zero attached hydrogens (tertiary/aromatic N) is 4. The maximum absolute atomic E-state index is 11.8. The van der Waals surface area contributed by atoms with Crippen molar-refractivity contribution in [1.29, 1.82) is 0 Å². The molecule has 0 unspecified atom stereocenters. The average Bonchev–Trinajstić information content (AvgIpc) is 2.98. The lowest BCUT2D eigenvalue weighted by Crippen LogP contribution is -2.21. The number of aromatic nitrogens is 4. The van der Waals surface area contributed by atoms with Gasteiger partial charge in [0, 0.05) is 0 Å². The fourth-order valence-corrected chi connectivity index (χ4v) is 1.95. The van der Waals surface area contributed by atoms with Gasteiger partial charge < -0.3 is 4.74 Å². The Morgan fingerprint density at radius 2 is 2.04 bits per heavy atom. The van der Waals surface area contributed by atoms with Gasteiger partial charge in [-0.25, -0.2) is 0 Å². The lowest BCUT2D eigenvalue weighted by atomic mass is 10.0. The standard InChI is InChI=1S/C16H23N5O2/c1-4-5-10-21-19-16(18-20-21)17-15(22)11-23-14-8-6-13(7-9-14)12(2)3/h6-9,12H,4-5,10-11H2,1-3H3,(H,17,19,22). The van der Waals surface area contributed by atoms with E-state index in [2.05, 4.69) is 41.5 Å². The van der Waals surface area contributed by atoms with E-state index < -0.39 is 0 Å². The summed E-state index contributed by atoms with van der Waals surface area (Å²) < 4.78 is 5.45. The molecule has 2 rings (SSSR count). The van der Waals surface area contributed by atoms with Crippen molar-refractivity contribution in [3.05, 3.63) is 29.8 Å². The van der Waals surface area contributed by atoms with Crippen molar-refractivity contribution >= 4 is 11.9 Å². The first-order valence-electron chi connectivity index (χ1n) is 7.89. The molecule has 1 aromatic carbocycles. The van der Waals surface area contributed by atoms with Crippen LogP contribution in [0.4, 0.5) is 5.95 Å². The van der Waals surface area contributed by atoms with Gasteiger partial charge in [0.05, 0.1) is 6.54 Å². The number of benzene rings is 1. The summed E-state index contributed by atoms with van der Waals surface area (Å²) in [5.74, 6) is 1.01. The zero-order valence-electron chi connectivity index (χ0n) is 13.8. The van der Waals surface area contributed by atoms with Crippen molar-refractivity contribution in [2.75, 3.05) is 11.9 Å². The minimum Gasteiger partial charge on any atom is -0.484 e. The molecule has 1 N–H and O–H groups in total. The number of tetrazole rings is 1. The number of nitrogens with one attached hydrogen (secondary N) is 1. The number of anilines is 1. The minimum absolute atomic E-state index is 0.0927. The van der Waals surface area contributed by atoms with Crippen LogP contribution >= 0.6 is 0 Å². The fourth-order valence-electron chi connectivity index (χ4n) is 1.95. The van der Waals surface area contributed by atoms with Crippen LogP contribution in [0.15, 0.2) is 24.3 Å². The SMILES string of the molecule is CCCCn1nnc(NC(=O)COc2ccc(C(C)C)cc2)n1. The van der Waals surface area contributed by atoms with E-state index in [-0.39, 0.29) is 18.5 Å². The summed E-state index contributed by atoms with van der Waals surface area (Å²) in [6, 6.07) is 7.72. The van der Waals surface area contributed by atoms with E-state index in [9.17, 15) is 4.79 Å². The summed E-state index contributed by atoms with van der Waals surface area (Å²) in [7, 11) is 0. The van der Waals surface area contributed by atoms with E-state index >= 15 is 0 Å². The second-order valence-electron chi connectivity index (χ2n) is 5.62. The van der Waals surface area contributed by atoms with Gasteiger partial charge in [0.15, 0.2) is 6.61 Å². The third-order valence-electron chi connectivity index (χ3n) is 3.33. The molecule has 7 nitrogen and oxygen atoms in total. The highest BCUT2D eigenvalue weighted by molar-refractivity contribution is 5.90. The van der Waals surface area contributed by atoms with Crippen LogP contribution in [-0.4, -0.2) is 32.7 Å². The third kappa shape index (κ3) is 5.36. The summed E-state index contributed by atoms with van der Waals surface area (Å²) in [5, 5.41) is 14.3. The smallest absolute Gasteiger partial charge is 0.270 e. The molecule has 1 amide bonds. The number of unbranched alkanes of at least 4 members (excludes halogenated alkanes) is 1. The molecule has 23 heavy (non-hydrogen) atoms. The first-order chi connectivity index (χ1) is 11.1. The number of carbonyl (C=O) groups is 1. The number of aryl methyl sites for hydroxylation is 1. The second kappa shape index (κ2) is 8.26. The summed E-state index contributed by atoms with van der Waals surface area (Å²) in [6.07, 6.45) is 2.02. The van der Waals surface area contributed by atoms with Crippen molar-refractivity contribution in [3.8, 4) is 5.75 Å². The molecule has 0 aliphatic rings. The predicted octanol–water partition coefficient (Wildman–Crippen LogP) is 2.61. The Balaban J connectivity index is 1.79. The van der Waals surface area contributed by atoms with E-state index in [0.717, 1.165) is 12.8 Å². The molecular formula is C16H23N5O2.